The normalized spacial score (nSPS) is 18.4. The molecule has 1 aromatic heterocycles. The summed E-state index contributed by atoms with van der Waals surface area (Å²) >= 11 is 0. The minimum atomic E-state index is 0.431. The number of likely N-dealkylation sites (N-methyl/N-ethyl adjacent to an activating group) is 1. The molecule has 84 valence electrons. The van der Waals surface area contributed by atoms with E-state index >= 15 is 0 Å². The van der Waals surface area contributed by atoms with E-state index in [0.29, 0.717) is 11.8 Å². The summed E-state index contributed by atoms with van der Waals surface area (Å²) in [5.41, 5.74) is 1.13. The van der Waals surface area contributed by atoms with E-state index in [-0.39, 0.29) is 0 Å². The van der Waals surface area contributed by atoms with Crippen molar-refractivity contribution in [1.82, 2.24) is 10.5 Å². The van der Waals surface area contributed by atoms with Crippen LogP contribution in [0.5, 0.6) is 0 Å². The molecule has 0 aliphatic heterocycles. The van der Waals surface area contributed by atoms with Gasteiger partial charge in [0.25, 0.3) is 0 Å². The summed E-state index contributed by atoms with van der Waals surface area (Å²) in [6.45, 7) is 5.28. The topological polar surface area (TPSA) is 38.1 Å². The van der Waals surface area contributed by atoms with Gasteiger partial charge in [-0.05, 0) is 25.8 Å². The van der Waals surface area contributed by atoms with Crippen LogP contribution < -0.4 is 5.32 Å². The minimum Gasteiger partial charge on any atom is -0.361 e. The Hall–Kier alpha value is -0.830. The number of nitrogens with zero attached hydrogens (tertiary/aromatic N) is 1. The second-order valence-electron chi connectivity index (χ2n) is 4.81. The Balaban J connectivity index is 2.10. The Bertz CT molecular complexity index is 315. The van der Waals surface area contributed by atoms with Gasteiger partial charge in [0.1, 0.15) is 5.76 Å². The zero-order valence-electron chi connectivity index (χ0n) is 9.79. The predicted octanol–water partition coefficient (Wildman–Crippen LogP) is 2.51. The van der Waals surface area contributed by atoms with E-state index in [1.807, 2.05) is 7.05 Å². The second kappa shape index (κ2) is 4.35. The van der Waals surface area contributed by atoms with Crippen molar-refractivity contribution in [3.8, 4) is 0 Å². The maximum Gasteiger partial charge on any atom is 0.139 e. The highest BCUT2D eigenvalue weighted by molar-refractivity contribution is 5.16. The van der Waals surface area contributed by atoms with E-state index in [2.05, 4.69) is 30.4 Å². The summed E-state index contributed by atoms with van der Waals surface area (Å²) in [4.78, 5) is 0. The Morgan fingerprint density at radius 2 is 2.27 bits per heavy atom. The standard InChI is InChI=1S/C12H20N2O/c1-8(2)12-6-11(14-15-12)10(7-13-3)9-4-5-9/h6,8-10,13H,4-5,7H2,1-3H3. The van der Waals surface area contributed by atoms with Crippen LogP contribution in [-0.4, -0.2) is 18.7 Å². The zero-order chi connectivity index (χ0) is 10.8. The van der Waals surface area contributed by atoms with Gasteiger partial charge < -0.3 is 9.84 Å². The van der Waals surface area contributed by atoms with Crippen LogP contribution in [0.15, 0.2) is 10.6 Å². The average molecular weight is 208 g/mol. The van der Waals surface area contributed by atoms with Crippen LogP contribution in [0.4, 0.5) is 0 Å². The number of hydrogen-bond donors (Lipinski definition) is 1. The summed E-state index contributed by atoms with van der Waals surface area (Å²) in [6, 6.07) is 2.13. The van der Waals surface area contributed by atoms with Crippen LogP contribution in [0.1, 0.15) is 50.0 Å². The van der Waals surface area contributed by atoms with Gasteiger partial charge in [-0.15, -0.1) is 0 Å². The lowest BCUT2D eigenvalue weighted by molar-refractivity contribution is 0.358. The van der Waals surface area contributed by atoms with Gasteiger partial charge in [0.05, 0.1) is 5.69 Å². The number of rotatable bonds is 5. The third-order valence-electron chi connectivity index (χ3n) is 3.11. The molecule has 1 aliphatic rings. The SMILES string of the molecule is CNCC(c1cc(C(C)C)on1)C1CC1. The van der Waals surface area contributed by atoms with Gasteiger partial charge in [0.15, 0.2) is 0 Å². The molecule has 0 saturated heterocycles. The highest BCUT2D eigenvalue weighted by atomic mass is 16.5. The number of hydrogen-bond acceptors (Lipinski definition) is 3. The van der Waals surface area contributed by atoms with Gasteiger partial charge in [-0.3, -0.25) is 0 Å². The van der Waals surface area contributed by atoms with Gasteiger partial charge in [-0.25, -0.2) is 0 Å². The van der Waals surface area contributed by atoms with Crippen molar-refractivity contribution >= 4 is 0 Å². The molecule has 1 atom stereocenters. The van der Waals surface area contributed by atoms with E-state index in [9.17, 15) is 0 Å². The molecule has 1 heterocycles. The lowest BCUT2D eigenvalue weighted by Crippen LogP contribution is -2.19. The molecule has 1 N–H and O–H groups in total. The summed E-state index contributed by atoms with van der Waals surface area (Å²) < 4.78 is 5.35. The van der Waals surface area contributed by atoms with E-state index < -0.39 is 0 Å². The largest absolute Gasteiger partial charge is 0.361 e. The highest BCUT2D eigenvalue weighted by Crippen LogP contribution is 2.42. The minimum absolute atomic E-state index is 0.431. The van der Waals surface area contributed by atoms with Gasteiger partial charge >= 0.3 is 0 Å². The molecule has 1 aromatic rings. The van der Waals surface area contributed by atoms with Gasteiger partial charge in [0.2, 0.25) is 0 Å². The Labute approximate surface area is 91.2 Å². The highest BCUT2D eigenvalue weighted by Gasteiger charge is 2.33. The van der Waals surface area contributed by atoms with Crippen LogP contribution in [0.25, 0.3) is 0 Å². The molecule has 3 nitrogen and oxygen atoms in total. The van der Waals surface area contributed by atoms with E-state index in [1.165, 1.54) is 12.8 Å². The molecule has 1 fully saturated rings. The summed E-state index contributed by atoms with van der Waals surface area (Å²) in [6.07, 6.45) is 2.69. The molecule has 0 bridgehead atoms. The molecular weight excluding hydrogens is 188 g/mol. The molecule has 0 radical (unpaired) electrons. The molecule has 2 rings (SSSR count). The quantitative estimate of drug-likeness (QED) is 0.808. The van der Waals surface area contributed by atoms with Crippen molar-refractivity contribution in [3.63, 3.8) is 0 Å². The van der Waals surface area contributed by atoms with E-state index in [4.69, 9.17) is 4.52 Å². The fourth-order valence-electron chi connectivity index (χ4n) is 1.98. The first-order chi connectivity index (χ1) is 7.22. The van der Waals surface area contributed by atoms with Crippen molar-refractivity contribution in [1.29, 1.82) is 0 Å². The van der Waals surface area contributed by atoms with Crippen LogP contribution in [0.3, 0.4) is 0 Å². The summed E-state index contributed by atoms with van der Waals surface area (Å²) in [7, 11) is 2.00. The Morgan fingerprint density at radius 1 is 1.53 bits per heavy atom. The molecule has 1 saturated carbocycles. The molecule has 15 heavy (non-hydrogen) atoms. The summed E-state index contributed by atoms with van der Waals surface area (Å²) in [5.74, 6) is 2.81. The van der Waals surface area contributed by atoms with E-state index in [1.54, 1.807) is 0 Å². The zero-order valence-corrected chi connectivity index (χ0v) is 9.79. The number of aromatic nitrogens is 1. The molecule has 0 aromatic carbocycles. The maximum absolute atomic E-state index is 5.35. The molecule has 0 amide bonds. The van der Waals surface area contributed by atoms with Crippen molar-refractivity contribution in [2.75, 3.05) is 13.6 Å². The first-order valence-corrected chi connectivity index (χ1v) is 5.83. The molecule has 1 unspecified atom stereocenters. The van der Waals surface area contributed by atoms with Gasteiger partial charge in [-0.2, -0.15) is 0 Å². The van der Waals surface area contributed by atoms with Crippen LogP contribution in [-0.2, 0) is 0 Å². The van der Waals surface area contributed by atoms with Crippen molar-refractivity contribution < 1.29 is 4.52 Å². The summed E-state index contributed by atoms with van der Waals surface area (Å²) in [5, 5.41) is 7.45. The third kappa shape index (κ3) is 2.40. The first-order valence-electron chi connectivity index (χ1n) is 5.83. The molecular formula is C12H20N2O. The molecule has 0 spiro atoms. The third-order valence-corrected chi connectivity index (χ3v) is 3.11. The first kappa shape index (κ1) is 10.7. The average Bonchev–Trinajstić information content (AvgIpc) is 2.91. The Morgan fingerprint density at radius 3 is 2.73 bits per heavy atom. The smallest absolute Gasteiger partial charge is 0.139 e. The second-order valence-corrected chi connectivity index (χ2v) is 4.81. The fraction of sp³-hybridized carbons (Fsp3) is 0.750. The van der Waals surface area contributed by atoms with Crippen molar-refractivity contribution in [3.05, 3.63) is 17.5 Å². The Kier molecular flexibility index (Phi) is 3.10. The van der Waals surface area contributed by atoms with E-state index in [0.717, 1.165) is 23.9 Å². The monoisotopic (exact) mass is 208 g/mol. The van der Waals surface area contributed by atoms with Gasteiger partial charge in [0, 0.05) is 24.4 Å². The lowest BCUT2D eigenvalue weighted by atomic mass is 9.98. The van der Waals surface area contributed by atoms with Crippen molar-refractivity contribution in [2.24, 2.45) is 5.92 Å². The number of nitrogens with one attached hydrogen (secondary N) is 1. The van der Waals surface area contributed by atoms with Crippen LogP contribution >= 0.6 is 0 Å². The lowest BCUT2D eigenvalue weighted by Gasteiger charge is -2.11. The molecule has 1 aliphatic carbocycles. The van der Waals surface area contributed by atoms with Crippen LogP contribution in [0, 0.1) is 5.92 Å². The maximum atomic E-state index is 5.35. The fourth-order valence-corrected chi connectivity index (χ4v) is 1.98. The van der Waals surface area contributed by atoms with Gasteiger partial charge in [-0.1, -0.05) is 19.0 Å². The molecule has 3 heteroatoms. The van der Waals surface area contributed by atoms with Crippen molar-refractivity contribution in [2.45, 2.75) is 38.5 Å². The van der Waals surface area contributed by atoms with Crippen LogP contribution in [0.2, 0.25) is 0 Å². The predicted molar refractivity (Wildman–Crippen MR) is 60.0 cm³/mol.